The molecule has 0 aliphatic heterocycles. The van der Waals surface area contributed by atoms with Gasteiger partial charge in [-0.05, 0) is 54.6 Å². The van der Waals surface area contributed by atoms with Crippen molar-refractivity contribution in [3.05, 3.63) is 106 Å². The lowest BCUT2D eigenvalue weighted by atomic mass is 10.1. The van der Waals surface area contributed by atoms with Gasteiger partial charge in [-0.2, -0.15) is 13.2 Å². The fourth-order valence-electron chi connectivity index (χ4n) is 4.63. The maximum atomic E-state index is 13.2. The number of thiophene rings is 1. The molecule has 3 heterocycles. The molecule has 5 aromatic rings. The first-order valence-electron chi connectivity index (χ1n) is 13.1. The average Bonchev–Trinajstić information content (AvgIpc) is 3.74. The molecular weight excluding hydrogens is 581 g/mol. The molecule has 0 bridgehead atoms. The van der Waals surface area contributed by atoms with E-state index >= 15 is 0 Å². The highest BCUT2D eigenvalue weighted by Gasteiger charge is 2.30. The summed E-state index contributed by atoms with van der Waals surface area (Å²) in [5.74, 6) is -0.664. The van der Waals surface area contributed by atoms with Gasteiger partial charge >= 0.3 is 6.18 Å². The summed E-state index contributed by atoms with van der Waals surface area (Å²) in [6, 6.07) is 19.8. The van der Waals surface area contributed by atoms with Crippen LogP contribution in [-0.4, -0.2) is 39.9 Å². The van der Waals surface area contributed by atoms with E-state index in [9.17, 15) is 22.8 Å². The molecule has 0 aliphatic carbocycles. The summed E-state index contributed by atoms with van der Waals surface area (Å²) in [6.45, 7) is 2.79. The number of anilines is 1. The van der Waals surface area contributed by atoms with Gasteiger partial charge in [0.1, 0.15) is 10.7 Å². The van der Waals surface area contributed by atoms with Crippen LogP contribution in [0.4, 0.5) is 18.9 Å². The number of carbonyl (C=O) groups excluding carboxylic acids is 2. The first kappa shape index (κ1) is 29.3. The van der Waals surface area contributed by atoms with E-state index in [2.05, 4.69) is 10.3 Å². The smallest absolute Gasteiger partial charge is 0.344 e. The summed E-state index contributed by atoms with van der Waals surface area (Å²) in [7, 11) is 1.74. The van der Waals surface area contributed by atoms with Crippen LogP contribution in [-0.2, 0) is 12.7 Å². The van der Waals surface area contributed by atoms with E-state index in [4.69, 9.17) is 0 Å². The van der Waals surface area contributed by atoms with Crippen molar-refractivity contribution in [2.45, 2.75) is 26.1 Å². The van der Waals surface area contributed by atoms with Crippen LogP contribution in [0.1, 0.15) is 38.5 Å². The molecule has 1 N–H and O–H groups in total. The molecule has 0 fully saturated rings. The third-order valence-electron chi connectivity index (χ3n) is 6.81. The first-order chi connectivity index (χ1) is 20.1. The number of benzene rings is 2. The molecule has 2 amide bonds. The Balaban J connectivity index is 1.32. The molecule has 42 heavy (non-hydrogen) atoms. The van der Waals surface area contributed by atoms with E-state index in [0.29, 0.717) is 36.5 Å². The molecule has 6 nitrogen and oxygen atoms in total. The van der Waals surface area contributed by atoms with Gasteiger partial charge in [0.25, 0.3) is 11.8 Å². The van der Waals surface area contributed by atoms with Crippen LogP contribution in [0, 0.1) is 6.92 Å². The second-order valence-corrected chi connectivity index (χ2v) is 11.5. The van der Waals surface area contributed by atoms with Crippen molar-refractivity contribution in [1.82, 2.24) is 14.5 Å². The average molecular weight is 609 g/mol. The van der Waals surface area contributed by atoms with Gasteiger partial charge in [-0.3, -0.25) is 9.59 Å². The van der Waals surface area contributed by atoms with Crippen LogP contribution in [0.25, 0.3) is 21.1 Å². The molecule has 0 radical (unpaired) electrons. The number of amides is 2. The lowest BCUT2D eigenvalue weighted by Gasteiger charge is -2.18. The number of nitrogens with one attached hydrogen (secondary N) is 1. The number of halogens is 3. The number of thiazole rings is 1. The monoisotopic (exact) mass is 608 g/mol. The third-order valence-corrected chi connectivity index (χ3v) is 8.69. The number of hydrogen-bond acceptors (Lipinski definition) is 5. The molecule has 3 aromatic heterocycles. The molecule has 216 valence electrons. The quantitative estimate of drug-likeness (QED) is 0.184. The molecule has 0 unspecified atom stereocenters. The molecule has 0 aliphatic rings. The van der Waals surface area contributed by atoms with Crippen LogP contribution in [0.3, 0.4) is 0 Å². The summed E-state index contributed by atoms with van der Waals surface area (Å²) in [5.41, 5.74) is 2.36. The zero-order valence-corrected chi connectivity index (χ0v) is 24.4. The number of carbonyl (C=O) groups is 2. The summed E-state index contributed by atoms with van der Waals surface area (Å²) < 4.78 is 41.5. The second-order valence-electron chi connectivity index (χ2n) is 9.67. The second kappa shape index (κ2) is 12.3. The number of nitrogens with zero attached hydrogens (tertiary/aromatic N) is 3. The molecule has 0 spiro atoms. The standard InChI is InChI=1S/C31H27F3N4O2S2/c1-20-24(28(39)35-23-12-6-11-22(17-23)31(32,33)34)18-26(21-9-4-3-5-10-21)38(20)15-8-14-37(2)30(40)25-19-42-29(36-25)27-13-7-16-41-27/h3-7,9-13,16-19H,8,14-15H2,1-2H3,(H,35,39). The van der Waals surface area contributed by atoms with Crippen LogP contribution in [0.2, 0.25) is 0 Å². The summed E-state index contributed by atoms with van der Waals surface area (Å²) >= 11 is 3.01. The van der Waals surface area contributed by atoms with E-state index < -0.39 is 17.6 Å². The van der Waals surface area contributed by atoms with E-state index in [-0.39, 0.29) is 11.6 Å². The Kier molecular flexibility index (Phi) is 8.60. The predicted octanol–water partition coefficient (Wildman–Crippen LogP) is 8.08. The Labute approximate surface area is 249 Å². The zero-order chi connectivity index (χ0) is 29.9. The fourth-order valence-corrected chi connectivity index (χ4v) is 6.24. The van der Waals surface area contributed by atoms with Gasteiger partial charge < -0.3 is 14.8 Å². The molecule has 0 saturated carbocycles. The van der Waals surface area contributed by atoms with Crippen molar-refractivity contribution < 1.29 is 22.8 Å². The van der Waals surface area contributed by atoms with Gasteiger partial charge in [-0.25, -0.2) is 4.98 Å². The van der Waals surface area contributed by atoms with Crippen molar-refractivity contribution in [3.63, 3.8) is 0 Å². The van der Waals surface area contributed by atoms with Crippen molar-refractivity contribution in [2.24, 2.45) is 0 Å². The Morgan fingerprint density at radius 1 is 1.00 bits per heavy atom. The SMILES string of the molecule is Cc1c(C(=O)Nc2cccc(C(F)(F)F)c2)cc(-c2ccccc2)n1CCCN(C)C(=O)c1csc(-c2cccs2)n1. The topological polar surface area (TPSA) is 67.2 Å². The molecule has 2 aromatic carbocycles. The Morgan fingerprint density at radius 2 is 1.79 bits per heavy atom. The van der Waals surface area contributed by atoms with Crippen molar-refractivity contribution in [2.75, 3.05) is 18.9 Å². The van der Waals surface area contributed by atoms with Gasteiger partial charge in [0.15, 0.2) is 0 Å². The maximum absolute atomic E-state index is 13.2. The Bertz CT molecular complexity index is 1690. The highest BCUT2D eigenvalue weighted by atomic mass is 32.1. The highest BCUT2D eigenvalue weighted by Crippen LogP contribution is 2.32. The number of hydrogen-bond donors (Lipinski definition) is 1. The zero-order valence-electron chi connectivity index (χ0n) is 22.8. The minimum atomic E-state index is -4.51. The molecule has 0 saturated heterocycles. The van der Waals surface area contributed by atoms with Gasteiger partial charge in [0.05, 0.1) is 16.0 Å². The largest absolute Gasteiger partial charge is 0.416 e. The summed E-state index contributed by atoms with van der Waals surface area (Å²) in [6.07, 6.45) is -3.91. The Morgan fingerprint density at radius 3 is 2.50 bits per heavy atom. The normalized spacial score (nSPS) is 11.5. The van der Waals surface area contributed by atoms with Crippen molar-refractivity contribution >= 4 is 40.2 Å². The van der Waals surface area contributed by atoms with Gasteiger partial charge in [0, 0.05) is 42.6 Å². The van der Waals surface area contributed by atoms with Crippen LogP contribution < -0.4 is 5.32 Å². The molecular formula is C31H27F3N4O2S2. The van der Waals surface area contributed by atoms with Crippen LogP contribution in [0.15, 0.2) is 83.6 Å². The predicted molar refractivity (Wildman–Crippen MR) is 161 cm³/mol. The number of alkyl halides is 3. The number of aromatic nitrogens is 2. The van der Waals surface area contributed by atoms with E-state index in [1.807, 2.05) is 59.3 Å². The summed E-state index contributed by atoms with van der Waals surface area (Å²) in [5, 5.41) is 7.17. The summed E-state index contributed by atoms with van der Waals surface area (Å²) in [4.78, 5) is 33.4. The third kappa shape index (κ3) is 6.47. The first-order valence-corrected chi connectivity index (χ1v) is 14.9. The van der Waals surface area contributed by atoms with Gasteiger partial charge in [-0.1, -0.05) is 42.5 Å². The lowest BCUT2D eigenvalue weighted by molar-refractivity contribution is -0.137. The minimum absolute atomic E-state index is 0.0626. The van der Waals surface area contributed by atoms with E-state index in [1.165, 1.54) is 23.5 Å². The van der Waals surface area contributed by atoms with Gasteiger partial charge in [0.2, 0.25) is 0 Å². The maximum Gasteiger partial charge on any atom is 0.416 e. The number of rotatable bonds is 9. The molecule has 0 atom stereocenters. The van der Waals surface area contributed by atoms with E-state index in [1.54, 1.807) is 34.7 Å². The molecule has 11 heteroatoms. The molecule has 5 rings (SSSR count). The lowest BCUT2D eigenvalue weighted by Crippen LogP contribution is -2.28. The van der Waals surface area contributed by atoms with Crippen molar-refractivity contribution in [3.8, 4) is 21.1 Å². The Hall–Kier alpha value is -4.22. The minimum Gasteiger partial charge on any atom is -0.344 e. The van der Waals surface area contributed by atoms with E-state index in [0.717, 1.165) is 33.3 Å². The van der Waals surface area contributed by atoms with Gasteiger partial charge in [-0.15, -0.1) is 22.7 Å². The van der Waals surface area contributed by atoms with Crippen LogP contribution in [0.5, 0.6) is 0 Å². The highest BCUT2D eigenvalue weighted by molar-refractivity contribution is 7.20. The van der Waals surface area contributed by atoms with Crippen molar-refractivity contribution in [1.29, 1.82) is 0 Å². The van der Waals surface area contributed by atoms with Crippen LogP contribution >= 0.6 is 22.7 Å². The fraction of sp³-hybridized carbons (Fsp3) is 0.194.